The van der Waals surface area contributed by atoms with Crippen LogP contribution in [-0.2, 0) is 0 Å². The number of anilines is 1. The van der Waals surface area contributed by atoms with Crippen molar-refractivity contribution in [2.75, 3.05) is 5.43 Å². The summed E-state index contributed by atoms with van der Waals surface area (Å²) in [5, 5.41) is 7.18. The number of aromatic nitrogens is 1. The molecule has 0 spiro atoms. The fourth-order valence-electron chi connectivity index (χ4n) is 2.37. The van der Waals surface area contributed by atoms with Gasteiger partial charge >= 0.3 is 0 Å². The Morgan fingerprint density at radius 2 is 2.15 bits per heavy atom. The number of nitrogens with one attached hydrogen (secondary N) is 1. The lowest BCUT2D eigenvalue weighted by Crippen LogP contribution is -2.04. The fraction of sp³-hybridized carbons (Fsp3) is 0.333. The first-order chi connectivity index (χ1) is 9.72. The summed E-state index contributed by atoms with van der Waals surface area (Å²) in [7, 11) is 0. The number of hydrogen-bond donors (Lipinski definition) is 1. The van der Waals surface area contributed by atoms with Crippen LogP contribution < -0.4 is 5.43 Å². The van der Waals surface area contributed by atoms with Gasteiger partial charge in [-0.15, -0.1) is 11.3 Å². The molecule has 104 valence electrons. The second-order valence-corrected chi connectivity index (χ2v) is 5.91. The molecule has 1 aliphatic rings. The van der Waals surface area contributed by atoms with Gasteiger partial charge in [-0.2, -0.15) is 5.10 Å². The van der Waals surface area contributed by atoms with Crippen LogP contribution in [0, 0.1) is 11.7 Å². The molecule has 0 saturated heterocycles. The van der Waals surface area contributed by atoms with E-state index in [1.165, 1.54) is 42.0 Å². The maximum absolute atomic E-state index is 12.9. The van der Waals surface area contributed by atoms with Crippen molar-refractivity contribution < 1.29 is 4.39 Å². The lowest BCUT2D eigenvalue weighted by molar-refractivity contribution is 0.628. The monoisotopic (exact) mass is 289 g/mol. The second kappa shape index (κ2) is 5.71. The number of halogens is 1. The summed E-state index contributed by atoms with van der Waals surface area (Å²) in [4.78, 5) is 4.47. The van der Waals surface area contributed by atoms with E-state index >= 15 is 0 Å². The summed E-state index contributed by atoms with van der Waals surface area (Å²) >= 11 is 1.51. The van der Waals surface area contributed by atoms with Crippen LogP contribution in [0.4, 0.5) is 9.52 Å². The fourth-order valence-corrected chi connectivity index (χ4v) is 3.03. The van der Waals surface area contributed by atoms with Gasteiger partial charge in [0, 0.05) is 16.7 Å². The molecule has 1 aliphatic carbocycles. The minimum absolute atomic E-state index is 0.232. The average molecular weight is 289 g/mol. The Morgan fingerprint density at radius 1 is 1.35 bits per heavy atom. The van der Waals surface area contributed by atoms with E-state index in [9.17, 15) is 4.39 Å². The van der Waals surface area contributed by atoms with E-state index in [0.29, 0.717) is 5.92 Å². The molecule has 20 heavy (non-hydrogen) atoms. The van der Waals surface area contributed by atoms with Crippen LogP contribution >= 0.6 is 11.3 Å². The van der Waals surface area contributed by atoms with Crippen LogP contribution in [0.1, 0.15) is 26.2 Å². The molecule has 1 atom stereocenters. The highest BCUT2D eigenvalue weighted by atomic mass is 32.1. The Labute approximate surface area is 121 Å². The lowest BCUT2D eigenvalue weighted by atomic mass is 10.1. The number of thiazole rings is 1. The third-order valence-corrected chi connectivity index (χ3v) is 4.33. The highest BCUT2D eigenvalue weighted by Gasteiger charge is 2.17. The molecule has 2 aromatic rings. The Morgan fingerprint density at radius 3 is 2.85 bits per heavy atom. The van der Waals surface area contributed by atoms with Crippen LogP contribution in [0.2, 0.25) is 0 Å². The van der Waals surface area contributed by atoms with Gasteiger partial charge in [-0.05, 0) is 49.4 Å². The maximum atomic E-state index is 12.9. The SMILES string of the molecule is CC1CCC/C1=N\Nc1nc(-c2ccc(F)cc2)cs1. The van der Waals surface area contributed by atoms with Crippen LogP contribution in [0.5, 0.6) is 0 Å². The third kappa shape index (κ3) is 2.88. The zero-order valence-corrected chi connectivity index (χ0v) is 12.1. The number of nitrogens with zero attached hydrogens (tertiary/aromatic N) is 2. The van der Waals surface area contributed by atoms with Crippen LogP contribution in [-0.4, -0.2) is 10.7 Å². The molecule has 3 rings (SSSR count). The summed E-state index contributed by atoms with van der Waals surface area (Å²) < 4.78 is 12.9. The number of benzene rings is 1. The quantitative estimate of drug-likeness (QED) is 0.842. The molecule has 1 unspecified atom stereocenters. The van der Waals surface area contributed by atoms with Gasteiger partial charge in [0.1, 0.15) is 5.82 Å². The Hall–Kier alpha value is -1.75. The van der Waals surface area contributed by atoms with Gasteiger partial charge in [0.15, 0.2) is 0 Å². The zero-order chi connectivity index (χ0) is 13.9. The first-order valence-electron chi connectivity index (χ1n) is 6.76. The largest absolute Gasteiger partial charge is 0.253 e. The minimum atomic E-state index is -0.232. The summed E-state index contributed by atoms with van der Waals surface area (Å²) in [6, 6.07) is 6.36. The lowest BCUT2D eigenvalue weighted by Gasteiger charge is -2.02. The molecule has 0 amide bonds. The number of hydrazone groups is 1. The standard InChI is InChI=1S/C15H16FN3S/c1-10-3-2-4-13(10)18-19-15-17-14(9-20-15)11-5-7-12(16)8-6-11/h5-10H,2-4H2,1H3,(H,17,19)/b18-13+. The van der Waals surface area contributed by atoms with Gasteiger partial charge in [-0.25, -0.2) is 9.37 Å². The van der Waals surface area contributed by atoms with Gasteiger partial charge in [0.2, 0.25) is 5.13 Å². The molecule has 1 fully saturated rings. The molecule has 5 heteroatoms. The van der Waals surface area contributed by atoms with E-state index in [-0.39, 0.29) is 5.82 Å². The number of hydrogen-bond acceptors (Lipinski definition) is 4. The van der Waals surface area contributed by atoms with E-state index in [0.717, 1.165) is 22.8 Å². The van der Waals surface area contributed by atoms with Crippen LogP contribution in [0.15, 0.2) is 34.7 Å². The Balaban J connectivity index is 1.72. The van der Waals surface area contributed by atoms with Crippen LogP contribution in [0.25, 0.3) is 11.3 Å². The van der Waals surface area contributed by atoms with Crippen molar-refractivity contribution in [2.45, 2.75) is 26.2 Å². The molecule has 0 aliphatic heterocycles. The van der Waals surface area contributed by atoms with Crippen molar-refractivity contribution in [3.63, 3.8) is 0 Å². The highest BCUT2D eigenvalue weighted by Crippen LogP contribution is 2.26. The van der Waals surface area contributed by atoms with Gasteiger partial charge in [0.25, 0.3) is 0 Å². The van der Waals surface area contributed by atoms with Crippen molar-refractivity contribution in [1.82, 2.24) is 4.98 Å². The van der Waals surface area contributed by atoms with Crippen molar-refractivity contribution in [1.29, 1.82) is 0 Å². The first-order valence-corrected chi connectivity index (χ1v) is 7.64. The molecule has 0 bridgehead atoms. The molecule has 1 saturated carbocycles. The molecule has 1 aromatic heterocycles. The van der Waals surface area contributed by atoms with Gasteiger partial charge in [-0.1, -0.05) is 6.92 Å². The van der Waals surface area contributed by atoms with Gasteiger partial charge < -0.3 is 0 Å². The maximum Gasteiger partial charge on any atom is 0.203 e. The van der Waals surface area contributed by atoms with E-state index in [4.69, 9.17) is 0 Å². The molecule has 1 N–H and O–H groups in total. The van der Waals surface area contributed by atoms with E-state index < -0.39 is 0 Å². The van der Waals surface area contributed by atoms with E-state index in [1.54, 1.807) is 12.1 Å². The third-order valence-electron chi connectivity index (χ3n) is 3.58. The van der Waals surface area contributed by atoms with Crippen molar-refractivity contribution in [3.8, 4) is 11.3 Å². The minimum Gasteiger partial charge on any atom is -0.253 e. The number of rotatable bonds is 3. The Kier molecular flexibility index (Phi) is 3.78. The topological polar surface area (TPSA) is 37.3 Å². The van der Waals surface area contributed by atoms with Gasteiger partial charge in [0.05, 0.1) is 5.69 Å². The first kappa shape index (κ1) is 13.2. The summed E-state index contributed by atoms with van der Waals surface area (Å²) in [6.45, 7) is 2.21. The second-order valence-electron chi connectivity index (χ2n) is 5.05. The smallest absolute Gasteiger partial charge is 0.203 e. The molecular weight excluding hydrogens is 273 g/mol. The molecule has 1 aromatic carbocycles. The van der Waals surface area contributed by atoms with Gasteiger partial charge in [-0.3, -0.25) is 5.43 Å². The molecule has 3 nitrogen and oxygen atoms in total. The van der Waals surface area contributed by atoms with Crippen molar-refractivity contribution >= 4 is 22.2 Å². The van der Waals surface area contributed by atoms with Crippen molar-refractivity contribution in [2.24, 2.45) is 11.0 Å². The summed E-state index contributed by atoms with van der Waals surface area (Å²) in [5.41, 5.74) is 6.02. The van der Waals surface area contributed by atoms with Crippen LogP contribution in [0.3, 0.4) is 0 Å². The summed E-state index contributed by atoms with van der Waals surface area (Å²) in [5.74, 6) is 0.336. The zero-order valence-electron chi connectivity index (χ0n) is 11.3. The van der Waals surface area contributed by atoms with E-state index in [1.807, 2.05) is 5.38 Å². The van der Waals surface area contributed by atoms with Crippen molar-refractivity contribution in [3.05, 3.63) is 35.5 Å². The predicted octanol–water partition coefficient (Wildman–Crippen LogP) is 4.54. The predicted molar refractivity (Wildman–Crippen MR) is 81.6 cm³/mol. The molecule has 1 heterocycles. The highest BCUT2D eigenvalue weighted by molar-refractivity contribution is 7.14. The Bertz CT molecular complexity index is 618. The average Bonchev–Trinajstić information content (AvgIpc) is 3.06. The molecular formula is C15H16FN3S. The molecule has 0 radical (unpaired) electrons. The van der Waals surface area contributed by atoms with E-state index in [2.05, 4.69) is 22.4 Å². The normalized spacial score (nSPS) is 20.5. The summed E-state index contributed by atoms with van der Waals surface area (Å²) in [6.07, 6.45) is 3.52.